The molecular weight excluding hydrogens is 371 g/mol. The standard InChI is InChI=1S/C17H13F5N4O/c1-2-8-3-4-13-15(25-26-24-13)10(8)7-23-16(27)9-5-11(18)14(12(19)6-9)17(20,21)22/h3-6H,2,7H2,1H3,(H,23,27)(H,24,25,26). The first-order valence-electron chi connectivity index (χ1n) is 7.88. The summed E-state index contributed by atoms with van der Waals surface area (Å²) in [7, 11) is 0. The van der Waals surface area contributed by atoms with Crippen LogP contribution in [0.2, 0.25) is 0 Å². The van der Waals surface area contributed by atoms with Gasteiger partial charge in [0.25, 0.3) is 5.91 Å². The number of amides is 1. The van der Waals surface area contributed by atoms with Gasteiger partial charge in [0.2, 0.25) is 0 Å². The van der Waals surface area contributed by atoms with Crippen LogP contribution in [0.3, 0.4) is 0 Å². The summed E-state index contributed by atoms with van der Waals surface area (Å²) < 4.78 is 65.2. The normalized spacial score (nSPS) is 11.8. The van der Waals surface area contributed by atoms with Crippen molar-refractivity contribution >= 4 is 16.9 Å². The number of alkyl halides is 3. The van der Waals surface area contributed by atoms with Crippen molar-refractivity contribution in [2.24, 2.45) is 0 Å². The van der Waals surface area contributed by atoms with E-state index in [-0.39, 0.29) is 6.54 Å². The van der Waals surface area contributed by atoms with Crippen LogP contribution >= 0.6 is 0 Å². The molecule has 0 spiro atoms. The second-order valence-electron chi connectivity index (χ2n) is 5.74. The van der Waals surface area contributed by atoms with E-state index in [1.807, 2.05) is 13.0 Å². The van der Waals surface area contributed by atoms with Gasteiger partial charge in [-0.05, 0) is 30.2 Å². The molecule has 0 bridgehead atoms. The van der Waals surface area contributed by atoms with Gasteiger partial charge in [-0.25, -0.2) is 8.78 Å². The Labute approximate surface area is 149 Å². The Bertz CT molecular complexity index is 989. The zero-order chi connectivity index (χ0) is 19.8. The van der Waals surface area contributed by atoms with E-state index in [4.69, 9.17) is 0 Å². The second-order valence-corrected chi connectivity index (χ2v) is 5.74. The van der Waals surface area contributed by atoms with E-state index < -0.39 is 34.8 Å². The number of carbonyl (C=O) groups excluding carboxylic acids is 1. The summed E-state index contributed by atoms with van der Waals surface area (Å²) in [6, 6.07) is 4.28. The summed E-state index contributed by atoms with van der Waals surface area (Å²) >= 11 is 0. The van der Waals surface area contributed by atoms with Crippen LogP contribution in [-0.4, -0.2) is 21.3 Å². The van der Waals surface area contributed by atoms with Crippen LogP contribution < -0.4 is 5.32 Å². The van der Waals surface area contributed by atoms with Crippen molar-refractivity contribution in [3.8, 4) is 0 Å². The average Bonchev–Trinajstić information content (AvgIpc) is 3.06. The third-order valence-electron chi connectivity index (χ3n) is 4.09. The van der Waals surface area contributed by atoms with E-state index >= 15 is 0 Å². The van der Waals surface area contributed by atoms with Gasteiger partial charge in [-0.2, -0.15) is 28.6 Å². The number of carbonyl (C=O) groups is 1. The number of aromatic nitrogens is 3. The molecule has 142 valence electrons. The van der Waals surface area contributed by atoms with Gasteiger partial charge < -0.3 is 5.32 Å². The highest BCUT2D eigenvalue weighted by Gasteiger charge is 2.38. The molecule has 27 heavy (non-hydrogen) atoms. The van der Waals surface area contributed by atoms with Crippen molar-refractivity contribution < 1.29 is 26.7 Å². The van der Waals surface area contributed by atoms with E-state index in [2.05, 4.69) is 20.7 Å². The summed E-state index contributed by atoms with van der Waals surface area (Å²) in [4.78, 5) is 12.2. The number of halogens is 5. The fourth-order valence-corrected chi connectivity index (χ4v) is 2.78. The van der Waals surface area contributed by atoms with Crippen molar-refractivity contribution in [3.63, 3.8) is 0 Å². The number of fused-ring (bicyclic) bond motifs is 1. The molecule has 0 saturated heterocycles. The highest BCUT2D eigenvalue weighted by molar-refractivity contribution is 5.94. The maximum absolute atomic E-state index is 13.7. The zero-order valence-corrected chi connectivity index (χ0v) is 13.9. The summed E-state index contributed by atoms with van der Waals surface area (Å²) in [5, 5.41) is 12.9. The molecule has 5 nitrogen and oxygen atoms in total. The first-order chi connectivity index (χ1) is 12.7. The van der Waals surface area contributed by atoms with E-state index in [9.17, 15) is 26.7 Å². The second kappa shape index (κ2) is 6.93. The number of nitrogens with zero attached hydrogens (tertiary/aromatic N) is 2. The van der Waals surface area contributed by atoms with E-state index in [0.29, 0.717) is 35.2 Å². The Kier molecular flexibility index (Phi) is 4.81. The molecule has 0 aliphatic heterocycles. The topological polar surface area (TPSA) is 70.7 Å². The lowest BCUT2D eigenvalue weighted by molar-refractivity contribution is -0.142. The predicted molar refractivity (Wildman–Crippen MR) is 85.8 cm³/mol. The predicted octanol–water partition coefficient (Wildman–Crippen LogP) is 3.75. The molecule has 10 heteroatoms. The maximum atomic E-state index is 13.7. The van der Waals surface area contributed by atoms with Gasteiger partial charge in [-0.15, -0.1) is 0 Å². The fraction of sp³-hybridized carbons (Fsp3) is 0.235. The molecular formula is C17H13F5N4O. The average molecular weight is 384 g/mol. The van der Waals surface area contributed by atoms with Gasteiger partial charge >= 0.3 is 6.18 Å². The number of H-pyrrole nitrogens is 1. The number of hydrogen-bond donors (Lipinski definition) is 2. The monoisotopic (exact) mass is 384 g/mol. The van der Waals surface area contributed by atoms with Crippen LogP contribution in [0.5, 0.6) is 0 Å². The van der Waals surface area contributed by atoms with Gasteiger partial charge in [0.15, 0.2) is 0 Å². The highest BCUT2D eigenvalue weighted by atomic mass is 19.4. The number of hydrogen-bond acceptors (Lipinski definition) is 3. The molecule has 0 atom stereocenters. The van der Waals surface area contributed by atoms with Gasteiger partial charge in [0, 0.05) is 17.7 Å². The van der Waals surface area contributed by atoms with Crippen molar-refractivity contribution in [3.05, 3.63) is 58.2 Å². The number of aryl methyl sites for hydroxylation is 1. The zero-order valence-electron chi connectivity index (χ0n) is 13.9. The lowest BCUT2D eigenvalue weighted by Gasteiger charge is -2.12. The van der Waals surface area contributed by atoms with Gasteiger partial charge in [-0.1, -0.05) is 13.0 Å². The molecule has 2 aromatic carbocycles. The Morgan fingerprint density at radius 3 is 2.41 bits per heavy atom. The summed E-state index contributed by atoms with van der Waals surface area (Å²) in [5.41, 5.74) is 0.0528. The van der Waals surface area contributed by atoms with E-state index in [1.54, 1.807) is 6.07 Å². The third-order valence-corrected chi connectivity index (χ3v) is 4.09. The molecule has 0 saturated carbocycles. The Morgan fingerprint density at radius 2 is 1.81 bits per heavy atom. The van der Waals surface area contributed by atoms with Crippen molar-refractivity contribution in [1.82, 2.24) is 20.7 Å². The fourth-order valence-electron chi connectivity index (χ4n) is 2.78. The molecule has 0 aliphatic rings. The Morgan fingerprint density at radius 1 is 1.15 bits per heavy atom. The molecule has 0 radical (unpaired) electrons. The third kappa shape index (κ3) is 3.60. The van der Waals surface area contributed by atoms with Crippen LogP contribution in [0.4, 0.5) is 22.0 Å². The minimum atomic E-state index is -5.19. The minimum absolute atomic E-state index is 0.0316. The summed E-state index contributed by atoms with van der Waals surface area (Å²) in [5.74, 6) is -4.61. The van der Waals surface area contributed by atoms with E-state index in [1.165, 1.54) is 0 Å². The number of benzene rings is 2. The van der Waals surface area contributed by atoms with Gasteiger partial charge in [0.05, 0.1) is 0 Å². The van der Waals surface area contributed by atoms with Crippen LogP contribution in [0, 0.1) is 11.6 Å². The number of aromatic amines is 1. The highest BCUT2D eigenvalue weighted by Crippen LogP contribution is 2.34. The molecule has 1 amide bonds. The largest absolute Gasteiger partial charge is 0.422 e. The van der Waals surface area contributed by atoms with Crippen molar-refractivity contribution in [2.75, 3.05) is 0 Å². The molecule has 3 aromatic rings. The van der Waals surface area contributed by atoms with Crippen molar-refractivity contribution in [2.45, 2.75) is 26.1 Å². The summed E-state index contributed by atoms with van der Waals surface area (Å²) in [6.07, 6.45) is -4.56. The van der Waals surface area contributed by atoms with E-state index in [0.717, 1.165) is 5.56 Å². The van der Waals surface area contributed by atoms with Crippen LogP contribution in [-0.2, 0) is 19.1 Å². The summed E-state index contributed by atoms with van der Waals surface area (Å²) in [6.45, 7) is 1.86. The lowest BCUT2D eigenvalue weighted by Crippen LogP contribution is -2.24. The Hall–Kier alpha value is -3.04. The minimum Gasteiger partial charge on any atom is -0.348 e. The van der Waals surface area contributed by atoms with Crippen LogP contribution in [0.25, 0.3) is 11.0 Å². The molecule has 0 fully saturated rings. The molecule has 2 N–H and O–H groups in total. The molecule has 0 unspecified atom stereocenters. The number of rotatable bonds is 4. The molecule has 0 aliphatic carbocycles. The molecule has 1 heterocycles. The van der Waals surface area contributed by atoms with Crippen LogP contribution in [0.1, 0.15) is 34.0 Å². The molecule has 1 aromatic heterocycles. The number of nitrogens with one attached hydrogen (secondary N) is 2. The SMILES string of the molecule is CCc1ccc2n[nH]nc2c1CNC(=O)c1cc(F)c(C(F)(F)F)c(F)c1. The Balaban J connectivity index is 1.86. The quantitative estimate of drug-likeness (QED) is 0.673. The first-order valence-corrected chi connectivity index (χ1v) is 7.88. The van der Waals surface area contributed by atoms with Gasteiger partial charge in [-0.3, -0.25) is 4.79 Å². The molecule has 3 rings (SSSR count). The maximum Gasteiger partial charge on any atom is 0.422 e. The smallest absolute Gasteiger partial charge is 0.348 e. The van der Waals surface area contributed by atoms with Crippen molar-refractivity contribution in [1.29, 1.82) is 0 Å². The van der Waals surface area contributed by atoms with Crippen LogP contribution in [0.15, 0.2) is 24.3 Å². The lowest BCUT2D eigenvalue weighted by atomic mass is 10.0. The van der Waals surface area contributed by atoms with Gasteiger partial charge in [0.1, 0.15) is 28.2 Å². The first kappa shape index (κ1) is 18.7.